The number of carboxylic acid groups (broad SMARTS) is 1. The maximum Gasteiger partial charge on any atom is 0.326 e. The SMILES string of the molecule is CC(C)c1ccc(-c2csc3ncnc(NC(C(=O)O)C(C)C)c23)cc1. The number of hydrogen-bond acceptors (Lipinski definition) is 5. The van der Waals surface area contributed by atoms with Gasteiger partial charge >= 0.3 is 5.97 Å². The maximum atomic E-state index is 11.6. The van der Waals surface area contributed by atoms with Crippen molar-refractivity contribution in [2.24, 2.45) is 5.92 Å². The summed E-state index contributed by atoms with van der Waals surface area (Å²) in [5.74, 6) is 0.0984. The summed E-state index contributed by atoms with van der Waals surface area (Å²) in [6.07, 6.45) is 1.48. The van der Waals surface area contributed by atoms with Crippen molar-refractivity contribution in [3.63, 3.8) is 0 Å². The lowest BCUT2D eigenvalue weighted by molar-refractivity contribution is -0.138. The second-order valence-corrected chi connectivity index (χ2v) is 7.89. The highest BCUT2D eigenvalue weighted by Crippen LogP contribution is 2.37. The van der Waals surface area contributed by atoms with Gasteiger partial charge in [-0.05, 0) is 23.0 Å². The normalized spacial score (nSPS) is 12.7. The molecular formula is C20H23N3O2S. The van der Waals surface area contributed by atoms with Crippen molar-refractivity contribution in [2.75, 3.05) is 5.32 Å². The summed E-state index contributed by atoms with van der Waals surface area (Å²) < 4.78 is 0. The molecule has 0 aliphatic rings. The molecule has 2 N–H and O–H groups in total. The molecule has 0 aliphatic heterocycles. The first-order valence-electron chi connectivity index (χ1n) is 8.70. The van der Waals surface area contributed by atoms with Crippen molar-refractivity contribution in [1.82, 2.24) is 9.97 Å². The topological polar surface area (TPSA) is 75.1 Å². The third-order valence-corrected chi connectivity index (χ3v) is 5.37. The van der Waals surface area contributed by atoms with Crippen LogP contribution < -0.4 is 5.32 Å². The van der Waals surface area contributed by atoms with Crippen LogP contribution in [-0.2, 0) is 4.79 Å². The Balaban J connectivity index is 2.06. The van der Waals surface area contributed by atoms with Crippen molar-refractivity contribution in [3.05, 3.63) is 41.5 Å². The van der Waals surface area contributed by atoms with E-state index in [4.69, 9.17) is 0 Å². The molecule has 3 rings (SSSR count). The predicted octanol–water partition coefficient (Wildman–Crippen LogP) is 5.00. The fourth-order valence-corrected chi connectivity index (χ4v) is 3.82. The van der Waals surface area contributed by atoms with Crippen molar-refractivity contribution in [2.45, 2.75) is 39.7 Å². The number of aliphatic carboxylic acids is 1. The van der Waals surface area contributed by atoms with Gasteiger partial charge in [0.15, 0.2) is 0 Å². The Hall–Kier alpha value is -2.47. The van der Waals surface area contributed by atoms with Crippen LogP contribution in [0.2, 0.25) is 0 Å². The Kier molecular flexibility index (Phi) is 5.23. The van der Waals surface area contributed by atoms with Crippen molar-refractivity contribution in [3.8, 4) is 11.1 Å². The van der Waals surface area contributed by atoms with E-state index in [1.165, 1.54) is 23.2 Å². The summed E-state index contributed by atoms with van der Waals surface area (Å²) in [7, 11) is 0. The molecule has 0 spiro atoms. The Morgan fingerprint density at radius 3 is 2.38 bits per heavy atom. The van der Waals surface area contributed by atoms with Gasteiger partial charge in [-0.1, -0.05) is 52.0 Å². The first-order chi connectivity index (χ1) is 12.4. The Labute approximate surface area is 157 Å². The number of nitrogens with one attached hydrogen (secondary N) is 1. The molecule has 0 saturated carbocycles. The molecule has 0 aliphatic carbocycles. The zero-order chi connectivity index (χ0) is 18.8. The molecule has 2 heterocycles. The molecule has 6 heteroatoms. The number of carboxylic acids is 1. The minimum atomic E-state index is -0.884. The van der Waals surface area contributed by atoms with Crippen LogP contribution >= 0.6 is 11.3 Å². The van der Waals surface area contributed by atoms with Crippen molar-refractivity contribution >= 4 is 33.3 Å². The lowest BCUT2D eigenvalue weighted by Gasteiger charge is -2.19. The van der Waals surface area contributed by atoms with Gasteiger partial charge in [-0.3, -0.25) is 0 Å². The van der Waals surface area contributed by atoms with Crippen LogP contribution in [0.25, 0.3) is 21.3 Å². The average molecular weight is 369 g/mol. The second kappa shape index (κ2) is 7.41. The maximum absolute atomic E-state index is 11.6. The smallest absolute Gasteiger partial charge is 0.326 e. The summed E-state index contributed by atoms with van der Waals surface area (Å²) in [6.45, 7) is 8.10. The molecule has 0 radical (unpaired) electrons. The molecule has 3 aromatic rings. The third kappa shape index (κ3) is 3.55. The summed E-state index contributed by atoms with van der Waals surface area (Å²) in [5, 5.41) is 15.5. The van der Waals surface area contributed by atoms with E-state index < -0.39 is 12.0 Å². The van der Waals surface area contributed by atoms with E-state index in [-0.39, 0.29) is 5.92 Å². The van der Waals surface area contributed by atoms with Crippen LogP contribution in [0.3, 0.4) is 0 Å². The average Bonchev–Trinajstić information content (AvgIpc) is 3.04. The van der Waals surface area contributed by atoms with Gasteiger partial charge in [0.05, 0.1) is 5.39 Å². The van der Waals surface area contributed by atoms with Gasteiger partial charge in [-0.25, -0.2) is 14.8 Å². The number of thiophene rings is 1. The quantitative estimate of drug-likeness (QED) is 0.639. The molecular weight excluding hydrogens is 346 g/mol. The number of benzene rings is 1. The number of rotatable bonds is 6. The first kappa shape index (κ1) is 18.3. The first-order valence-corrected chi connectivity index (χ1v) is 9.58. The molecule has 0 bridgehead atoms. The van der Waals surface area contributed by atoms with Crippen molar-refractivity contribution in [1.29, 1.82) is 0 Å². The predicted molar refractivity (Wildman–Crippen MR) is 107 cm³/mol. The van der Waals surface area contributed by atoms with Crippen molar-refractivity contribution < 1.29 is 9.90 Å². The van der Waals surface area contributed by atoms with E-state index in [0.29, 0.717) is 11.7 Å². The number of hydrogen-bond donors (Lipinski definition) is 2. The van der Waals surface area contributed by atoms with Crippen LogP contribution in [0.5, 0.6) is 0 Å². The van der Waals surface area contributed by atoms with Gasteiger partial charge in [-0.15, -0.1) is 11.3 Å². The van der Waals surface area contributed by atoms with Gasteiger partial charge in [0.2, 0.25) is 0 Å². The van der Waals surface area contributed by atoms with Gasteiger partial charge in [0.1, 0.15) is 23.0 Å². The zero-order valence-electron chi connectivity index (χ0n) is 15.4. The van der Waals surface area contributed by atoms with Gasteiger partial charge in [0, 0.05) is 10.9 Å². The summed E-state index contributed by atoms with van der Waals surface area (Å²) in [5.41, 5.74) is 3.39. The number of nitrogens with zero attached hydrogens (tertiary/aromatic N) is 2. The highest BCUT2D eigenvalue weighted by molar-refractivity contribution is 7.17. The number of anilines is 1. The number of fused-ring (bicyclic) bond motifs is 1. The zero-order valence-corrected chi connectivity index (χ0v) is 16.2. The Morgan fingerprint density at radius 2 is 1.81 bits per heavy atom. The molecule has 0 saturated heterocycles. The molecule has 1 unspecified atom stereocenters. The lowest BCUT2D eigenvalue weighted by Crippen LogP contribution is -2.34. The molecule has 1 aromatic carbocycles. The standard InChI is InChI=1S/C20H23N3O2S/c1-11(2)13-5-7-14(8-6-13)15-9-26-19-16(15)18(21-10-22-19)23-17(12(3)4)20(24)25/h5-12,17H,1-4H3,(H,24,25)(H,21,22,23). The lowest BCUT2D eigenvalue weighted by atomic mass is 9.98. The summed E-state index contributed by atoms with van der Waals surface area (Å²) >= 11 is 1.54. The van der Waals surface area contributed by atoms with Crippen LogP contribution in [0.4, 0.5) is 5.82 Å². The summed E-state index contributed by atoms with van der Waals surface area (Å²) in [6, 6.07) is 7.77. The van der Waals surface area contributed by atoms with Crippen LogP contribution in [0.1, 0.15) is 39.2 Å². The largest absolute Gasteiger partial charge is 0.480 e. The van der Waals surface area contributed by atoms with Crippen LogP contribution in [-0.4, -0.2) is 27.1 Å². The molecule has 1 atom stereocenters. The van der Waals surface area contributed by atoms with E-state index >= 15 is 0 Å². The monoisotopic (exact) mass is 369 g/mol. The Morgan fingerprint density at radius 1 is 1.12 bits per heavy atom. The van der Waals surface area contributed by atoms with Crippen LogP contribution in [0.15, 0.2) is 36.0 Å². The Bertz CT molecular complexity index is 916. The van der Waals surface area contributed by atoms with E-state index in [1.807, 2.05) is 13.8 Å². The summed E-state index contributed by atoms with van der Waals surface area (Å²) in [4.78, 5) is 21.1. The van der Waals surface area contributed by atoms with Gasteiger partial charge < -0.3 is 10.4 Å². The number of aromatic nitrogens is 2. The highest BCUT2D eigenvalue weighted by atomic mass is 32.1. The van der Waals surface area contributed by atoms with E-state index in [1.54, 1.807) is 0 Å². The van der Waals surface area contributed by atoms with Crippen LogP contribution in [0, 0.1) is 5.92 Å². The minimum absolute atomic E-state index is 0.0649. The fraction of sp³-hybridized carbons (Fsp3) is 0.350. The van der Waals surface area contributed by atoms with E-state index in [0.717, 1.165) is 21.3 Å². The molecule has 136 valence electrons. The fourth-order valence-electron chi connectivity index (χ4n) is 2.91. The third-order valence-electron chi connectivity index (χ3n) is 4.48. The molecule has 0 amide bonds. The molecule has 0 fully saturated rings. The van der Waals surface area contributed by atoms with E-state index in [2.05, 4.69) is 58.8 Å². The molecule has 2 aromatic heterocycles. The van der Waals surface area contributed by atoms with Gasteiger partial charge in [-0.2, -0.15) is 0 Å². The second-order valence-electron chi connectivity index (χ2n) is 7.03. The van der Waals surface area contributed by atoms with E-state index in [9.17, 15) is 9.90 Å². The van der Waals surface area contributed by atoms with Gasteiger partial charge in [0.25, 0.3) is 0 Å². The molecule has 26 heavy (non-hydrogen) atoms. The molecule has 5 nitrogen and oxygen atoms in total. The minimum Gasteiger partial charge on any atom is -0.480 e. The number of carbonyl (C=O) groups is 1. The highest BCUT2D eigenvalue weighted by Gasteiger charge is 2.23.